The number of hydrogen-bond donors (Lipinski definition) is 1. The van der Waals surface area contributed by atoms with Crippen molar-refractivity contribution < 1.29 is 27.5 Å². The number of amides is 1. The van der Waals surface area contributed by atoms with E-state index in [1.165, 1.54) is 24.3 Å². The minimum atomic E-state index is -3.45. The highest BCUT2D eigenvalue weighted by molar-refractivity contribution is 7.90. The summed E-state index contributed by atoms with van der Waals surface area (Å²) < 4.78 is 33.8. The third-order valence-corrected chi connectivity index (χ3v) is 5.06. The molecule has 3 rings (SSSR count). The first kappa shape index (κ1) is 21.1. The molecule has 0 aromatic heterocycles. The average Bonchev–Trinajstić information content (AvgIpc) is 2.74. The van der Waals surface area contributed by atoms with Gasteiger partial charge in [-0.2, -0.15) is 0 Å². The Morgan fingerprint density at radius 2 is 1.53 bits per heavy atom. The zero-order chi connectivity index (χ0) is 21.6. The van der Waals surface area contributed by atoms with Gasteiger partial charge in [-0.1, -0.05) is 24.3 Å². The molecule has 154 valence electrons. The topological polar surface area (TPSA) is 98.8 Å². The van der Waals surface area contributed by atoms with E-state index in [-0.39, 0.29) is 10.5 Å². The van der Waals surface area contributed by atoms with Crippen LogP contribution < -0.4 is 10.1 Å². The molecule has 0 unspecified atom stereocenters. The smallest absolute Gasteiger partial charge is 0.338 e. The lowest BCUT2D eigenvalue weighted by Crippen LogP contribution is -2.21. The highest BCUT2D eigenvalue weighted by Gasteiger charge is 2.14. The van der Waals surface area contributed by atoms with Gasteiger partial charge in [0.1, 0.15) is 11.5 Å². The van der Waals surface area contributed by atoms with Crippen molar-refractivity contribution in [3.05, 3.63) is 84.4 Å². The van der Waals surface area contributed by atoms with Crippen LogP contribution in [0.2, 0.25) is 0 Å². The van der Waals surface area contributed by atoms with Gasteiger partial charge in [0.05, 0.1) is 10.5 Å². The Morgan fingerprint density at radius 3 is 2.20 bits per heavy atom. The fraction of sp³-hybridized carbons (Fsp3) is 0.0909. The van der Waals surface area contributed by atoms with Crippen molar-refractivity contribution in [1.29, 1.82) is 0 Å². The van der Waals surface area contributed by atoms with Gasteiger partial charge in [0, 0.05) is 11.9 Å². The molecular formula is C22H19NO6S. The summed E-state index contributed by atoms with van der Waals surface area (Å²) >= 11 is 0. The first-order valence-corrected chi connectivity index (χ1v) is 10.8. The lowest BCUT2D eigenvalue weighted by molar-refractivity contribution is -0.119. The first-order valence-electron chi connectivity index (χ1n) is 8.91. The van der Waals surface area contributed by atoms with E-state index < -0.39 is 28.3 Å². The number of rotatable bonds is 7. The molecule has 3 aromatic carbocycles. The summed E-state index contributed by atoms with van der Waals surface area (Å²) in [7, 11) is -3.45. The second kappa shape index (κ2) is 9.23. The number of carbonyl (C=O) groups is 2. The Labute approximate surface area is 174 Å². The SMILES string of the molecule is CS(=O)(=O)c1cccc(C(=O)OCC(=O)Nc2ccc(Oc3ccccc3)cc2)c1. The Hall–Kier alpha value is -3.65. The summed E-state index contributed by atoms with van der Waals surface area (Å²) in [5.74, 6) is -0.0147. The minimum absolute atomic E-state index is 0.000729. The molecule has 8 heteroatoms. The molecule has 3 aromatic rings. The van der Waals surface area contributed by atoms with Crippen LogP contribution in [0.15, 0.2) is 83.8 Å². The summed E-state index contributed by atoms with van der Waals surface area (Å²) in [6.07, 6.45) is 1.04. The summed E-state index contributed by atoms with van der Waals surface area (Å²) in [6, 6.07) is 21.4. The molecule has 7 nitrogen and oxygen atoms in total. The quantitative estimate of drug-likeness (QED) is 0.580. The van der Waals surface area contributed by atoms with Crippen LogP contribution in [0.3, 0.4) is 0 Å². The zero-order valence-electron chi connectivity index (χ0n) is 16.1. The van der Waals surface area contributed by atoms with Gasteiger partial charge in [0.25, 0.3) is 5.91 Å². The van der Waals surface area contributed by atoms with Gasteiger partial charge in [-0.25, -0.2) is 13.2 Å². The monoisotopic (exact) mass is 425 g/mol. The van der Waals surface area contributed by atoms with Crippen molar-refractivity contribution in [1.82, 2.24) is 0 Å². The molecule has 0 saturated heterocycles. The fourth-order valence-corrected chi connectivity index (χ4v) is 3.16. The second-order valence-corrected chi connectivity index (χ2v) is 8.38. The highest BCUT2D eigenvalue weighted by Crippen LogP contribution is 2.22. The molecule has 0 bridgehead atoms. The Morgan fingerprint density at radius 1 is 0.867 bits per heavy atom. The predicted octanol–water partition coefficient (Wildman–Crippen LogP) is 3.68. The number of nitrogens with one attached hydrogen (secondary N) is 1. The Kier molecular flexibility index (Phi) is 6.48. The van der Waals surface area contributed by atoms with Crippen molar-refractivity contribution in [3.63, 3.8) is 0 Å². The summed E-state index contributed by atoms with van der Waals surface area (Å²) in [5, 5.41) is 2.61. The van der Waals surface area contributed by atoms with E-state index in [4.69, 9.17) is 9.47 Å². The van der Waals surface area contributed by atoms with Crippen molar-refractivity contribution in [2.75, 3.05) is 18.2 Å². The van der Waals surface area contributed by atoms with E-state index in [0.29, 0.717) is 17.2 Å². The summed E-state index contributed by atoms with van der Waals surface area (Å²) in [4.78, 5) is 24.1. The van der Waals surface area contributed by atoms with Gasteiger partial charge in [-0.3, -0.25) is 4.79 Å². The van der Waals surface area contributed by atoms with Crippen molar-refractivity contribution in [3.8, 4) is 11.5 Å². The maximum atomic E-state index is 12.1. The molecule has 0 aliphatic rings. The van der Waals surface area contributed by atoms with E-state index in [1.54, 1.807) is 24.3 Å². The number of sulfone groups is 1. The molecule has 0 radical (unpaired) electrons. The number of benzene rings is 3. The van der Waals surface area contributed by atoms with Crippen molar-refractivity contribution in [2.24, 2.45) is 0 Å². The van der Waals surface area contributed by atoms with E-state index in [2.05, 4.69) is 5.32 Å². The maximum Gasteiger partial charge on any atom is 0.338 e. The van der Waals surface area contributed by atoms with Gasteiger partial charge in [0.15, 0.2) is 16.4 Å². The zero-order valence-corrected chi connectivity index (χ0v) is 16.9. The fourth-order valence-electron chi connectivity index (χ4n) is 2.50. The number of anilines is 1. The number of esters is 1. The van der Waals surface area contributed by atoms with Crippen molar-refractivity contribution in [2.45, 2.75) is 4.90 Å². The van der Waals surface area contributed by atoms with E-state index in [9.17, 15) is 18.0 Å². The second-order valence-electron chi connectivity index (χ2n) is 6.36. The molecule has 1 amide bonds. The molecule has 0 aliphatic carbocycles. The van der Waals surface area contributed by atoms with E-state index >= 15 is 0 Å². The molecule has 0 saturated carbocycles. The van der Waals surface area contributed by atoms with Crippen molar-refractivity contribution >= 4 is 27.4 Å². The molecule has 0 atom stereocenters. The molecular weight excluding hydrogens is 406 g/mol. The molecule has 0 heterocycles. The van der Waals surface area contributed by atoms with Crippen LogP contribution in [-0.4, -0.2) is 33.2 Å². The van der Waals surface area contributed by atoms with Gasteiger partial charge in [-0.05, 0) is 54.6 Å². The number of carbonyl (C=O) groups excluding carboxylic acids is 2. The molecule has 0 spiro atoms. The lowest BCUT2D eigenvalue weighted by Gasteiger charge is -2.09. The van der Waals surface area contributed by atoms with E-state index in [0.717, 1.165) is 6.26 Å². The van der Waals surface area contributed by atoms with E-state index in [1.807, 2.05) is 30.3 Å². The maximum absolute atomic E-state index is 12.1. The largest absolute Gasteiger partial charge is 0.457 e. The average molecular weight is 425 g/mol. The van der Waals surface area contributed by atoms with Crippen LogP contribution in [0.4, 0.5) is 5.69 Å². The van der Waals surface area contributed by atoms with Crippen LogP contribution in [0, 0.1) is 0 Å². The van der Waals surface area contributed by atoms with Crippen LogP contribution in [-0.2, 0) is 19.4 Å². The minimum Gasteiger partial charge on any atom is -0.457 e. The highest BCUT2D eigenvalue weighted by atomic mass is 32.2. The normalized spacial score (nSPS) is 10.8. The summed E-state index contributed by atoms with van der Waals surface area (Å²) in [6.45, 7) is -0.510. The van der Waals surface area contributed by atoms with Gasteiger partial charge in [0.2, 0.25) is 0 Å². The predicted molar refractivity (Wildman–Crippen MR) is 111 cm³/mol. The number of hydrogen-bond acceptors (Lipinski definition) is 6. The van der Waals surface area contributed by atoms with Crippen LogP contribution in [0.1, 0.15) is 10.4 Å². The van der Waals surface area contributed by atoms with Gasteiger partial charge < -0.3 is 14.8 Å². The Balaban J connectivity index is 1.53. The van der Waals surface area contributed by atoms with Crippen LogP contribution in [0.25, 0.3) is 0 Å². The third kappa shape index (κ3) is 5.92. The molecule has 1 N–H and O–H groups in total. The number of para-hydroxylation sites is 1. The van der Waals surface area contributed by atoms with Crippen LogP contribution >= 0.6 is 0 Å². The lowest BCUT2D eigenvalue weighted by atomic mass is 10.2. The summed E-state index contributed by atoms with van der Waals surface area (Å²) in [5.41, 5.74) is 0.559. The Bertz CT molecular complexity index is 1140. The van der Waals surface area contributed by atoms with Crippen LogP contribution in [0.5, 0.6) is 11.5 Å². The number of ether oxygens (including phenoxy) is 2. The third-order valence-electron chi connectivity index (χ3n) is 3.95. The van der Waals surface area contributed by atoms with Gasteiger partial charge >= 0.3 is 5.97 Å². The first-order chi connectivity index (χ1) is 14.3. The molecule has 0 aliphatic heterocycles. The molecule has 0 fully saturated rings. The molecule has 30 heavy (non-hydrogen) atoms. The van der Waals surface area contributed by atoms with Gasteiger partial charge in [-0.15, -0.1) is 0 Å². The standard InChI is InChI=1S/C22H19NO6S/c1-30(26,27)20-9-5-6-16(14-20)22(25)28-15-21(24)23-17-10-12-19(13-11-17)29-18-7-3-2-4-8-18/h2-14H,15H2,1H3,(H,23,24).